The molecule has 0 saturated heterocycles. The molecule has 2 nitrogen and oxygen atoms in total. The van der Waals surface area contributed by atoms with E-state index in [1.807, 2.05) is 30.3 Å². The Bertz CT molecular complexity index is 295. The first-order valence-corrected chi connectivity index (χ1v) is 4.05. The van der Waals surface area contributed by atoms with Crippen molar-refractivity contribution in [3.8, 4) is 11.8 Å². The van der Waals surface area contributed by atoms with Gasteiger partial charge in [0, 0.05) is 7.11 Å². The fourth-order valence-corrected chi connectivity index (χ4v) is 0.929. The average molecular weight is 176 g/mol. The van der Waals surface area contributed by atoms with Crippen LogP contribution in [0.15, 0.2) is 30.3 Å². The summed E-state index contributed by atoms with van der Waals surface area (Å²) in [5.41, 5.74) is 0.811. The predicted octanol–water partition coefficient (Wildman–Crippen LogP) is 1.37. The number of hydrogen-bond acceptors (Lipinski definition) is 2. The zero-order valence-electron chi connectivity index (χ0n) is 7.53. The highest BCUT2D eigenvalue weighted by Crippen LogP contribution is 2.09. The van der Waals surface area contributed by atoms with E-state index in [0.29, 0.717) is 6.61 Å². The second kappa shape index (κ2) is 5.36. The summed E-state index contributed by atoms with van der Waals surface area (Å²) in [6, 6.07) is 9.32. The van der Waals surface area contributed by atoms with Gasteiger partial charge in [0.05, 0.1) is 0 Å². The van der Waals surface area contributed by atoms with Crippen LogP contribution >= 0.6 is 0 Å². The summed E-state index contributed by atoms with van der Waals surface area (Å²) < 4.78 is 4.74. The van der Waals surface area contributed by atoms with E-state index >= 15 is 0 Å². The summed E-state index contributed by atoms with van der Waals surface area (Å²) in [6.07, 6.45) is -0.712. The second-order valence-electron chi connectivity index (χ2n) is 2.57. The molecule has 0 aliphatic heterocycles. The van der Waals surface area contributed by atoms with E-state index in [9.17, 15) is 5.11 Å². The molecule has 1 atom stereocenters. The molecule has 0 heterocycles. The molecule has 0 spiro atoms. The van der Waals surface area contributed by atoms with Crippen molar-refractivity contribution in [3.05, 3.63) is 35.9 Å². The minimum atomic E-state index is -0.712. The third-order valence-corrected chi connectivity index (χ3v) is 1.57. The first-order valence-electron chi connectivity index (χ1n) is 4.05. The highest BCUT2D eigenvalue weighted by molar-refractivity contribution is 5.24. The van der Waals surface area contributed by atoms with Gasteiger partial charge < -0.3 is 9.84 Å². The molecule has 0 aliphatic rings. The van der Waals surface area contributed by atoms with Crippen LogP contribution in [0.2, 0.25) is 0 Å². The Hall–Kier alpha value is -1.30. The highest BCUT2D eigenvalue weighted by atomic mass is 16.5. The Morgan fingerprint density at radius 2 is 2.08 bits per heavy atom. The van der Waals surface area contributed by atoms with Crippen molar-refractivity contribution in [1.82, 2.24) is 0 Å². The fourth-order valence-electron chi connectivity index (χ4n) is 0.929. The van der Waals surface area contributed by atoms with Gasteiger partial charge >= 0.3 is 0 Å². The number of aliphatic hydroxyl groups is 1. The quantitative estimate of drug-likeness (QED) is 0.689. The molecule has 68 valence electrons. The van der Waals surface area contributed by atoms with Crippen molar-refractivity contribution in [2.24, 2.45) is 0 Å². The summed E-state index contributed by atoms with van der Waals surface area (Å²) in [5.74, 6) is 5.39. The Morgan fingerprint density at radius 3 is 2.69 bits per heavy atom. The van der Waals surface area contributed by atoms with Gasteiger partial charge in [0.1, 0.15) is 12.7 Å². The summed E-state index contributed by atoms with van der Waals surface area (Å²) >= 11 is 0. The molecule has 0 amide bonds. The van der Waals surface area contributed by atoms with Crippen LogP contribution in [-0.2, 0) is 4.74 Å². The van der Waals surface area contributed by atoms with E-state index in [1.54, 1.807) is 7.11 Å². The van der Waals surface area contributed by atoms with E-state index in [0.717, 1.165) is 5.56 Å². The lowest BCUT2D eigenvalue weighted by Gasteiger charge is -2.01. The standard InChI is InChI=1S/C11H12O2/c1-13-9-5-8-11(12)10-6-3-2-4-7-10/h2-4,6-7,11-12H,9H2,1H3/t11-/m0/s1. The summed E-state index contributed by atoms with van der Waals surface area (Å²) in [4.78, 5) is 0. The van der Waals surface area contributed by atoms with Crippen LogP contribution < -0.4 is 0 Å². The van der Waals surface area contributed by atoms with Crippen LogP contribution in [-0.4, -0.2) is 18.8 Å². The number of aliphatic hydroxyl groups excluding tert-OH is 1. The van der Waals surface area contributed by atoms with Crippen molar-refractivity contribution in [1.29, 1.82) is 0 Å². The molecular formula is C11H12O2. The van der Waals surface area contributed by atoms with E-state index in [2.05, 4.69) is 11.8 Å². The van der Waals surface area contributed by atoms with Gasteiger partial charge in [0.25, 0.3) is 0 Å². The third-order valence-electron chi connectivity index (χ3n) is 1.57. The van der Waals surface area contributed by atoms with Crippen molar-refractivity contribution in [3.63, 3.8) is 0 Å². The Kier molecular flexibility index (Phi) is 4.04. The van der Waals surface area contributed by atoms with Crippen molar-refractivity contribution in [2.45, 2.75) is 6.10 Å². The first kappa shape index (κ1) is 9.79. The lowest BCUT2D eigenvalue weighted by atomic mass is 10.1. The third kappa shape index (κ3) is 3.29. The monoisotopic (exact) mass is 176 g/mol. The smallest absolute Gasteiger partial charge is 0.140 e. The van der Waals surface area contributed by atoms with E-state index in [4.69, 9.17) is 4.74 Å². The molecule has 1 aromatic rings. The fraction of sp³-hybridized carbons (Fsp3) is 0.273. The van der Waals surface area contributed by atoms with E-state index in [1.165, 1.54) is 0 Å². The molecule has 1 N–H and O–H groups in total. The van der Waals surface area contributed by atoms with Crippen LogP contribution in [0.5, 0.6) is 0 Å². The maximum absolute atomic E-state index is 9.52. The molecule has 2 heteroatoms. The van der Waals surface area contributed by atoms with Crippen LogP contribution in [0.4, 0.5) is 0 Å². The second-order valence-corrected chi connectivity index (χ2v) is 2.57. The number of hydrogen-bond donors (Lipinski definition) is 1. The SMILES string of the molecule is COCC#C[C@H](O)c1ccccc1. The molecule has 0 aliphatic carbocycles. The maximum atomic E-state index is 9.52. The van der Waals surface area contributed by atoms with Crippen molar-refractivity contribution >= 4 is 0 Å². The molecule has 13 heavy (non-hydrogen) atoms. The van der Waals surface area contributed by atoms with Gasteiger partial charge in [-0.05, 0) is 5.56 Å². The molecule has 0 unspecified atom stereocenters. The molecular weight excluding hydrogens is 164 g/mol. The van der Waals surface area contributed by atoms with Gasteiger partial charge in [-0.1, -0.05) is 42.2 Å². The Morgan fingerprint density at radius 1 is 1.38 bits per heavy atom. The average Bonchev–Trinajstić information content (AvgIpc) is 2.19. The Balaban J connectivity index is 2.60. The molecule has 1 aromatic carbocycles. The van der Waals surface area contributed by atoms with Crippen LogP contribution in [0.3, 0.4) is 0 Å². The lowest BCUT2D eigenvalue weighted by Crippen LogP contribution is -1.93. The van der Waals surface area contributed by atoms with Crippen LogP contribution in [0.25, 0.3) is 0 Å². The van der Waals surface area contributed by atoms with Gasteiger partial charge in [-0.2, -0.15) is 0 Å². The maximum Gasteiger partial charge on any atom is 0.140 e. The molecule has 1 rings (SSSR count). The zero-order valence-corrected chi connectivity index (χ0v) is 7.53. The number of rotatable bonds is 2. The summed E-state index contributed by atoms with van der Waals surface area (Å²) in [6.45, 7) is 0.351. The van der Waals surface area contributed by atoms with Crippen molar-refractivity contribution < 1.29 is 9.84 Å². The van der Waals surface area contributed by atoms with Crippen LogP contribution in [0, 0.1) is 11.8 Å². The molecule has 0 fully saturated rings. The number of benzene rings is 1. The topological polar surface area (TPSA) is 29.5 Å². The number of methoxy groups -OCH3 is 1. The normalized spacial score (nSPS) is 11.5. The van der Waals surface area contributed by atoms with Gasteiger partial charge in [-0.3, -0.25) is 0 Å². The molecule has 0 aromatic heterocycles. The largest absolute Gasteiger partial charge is 0.376 e. The van der Waals surface area contributed by atoms with Gasteiger partial charge in [0.2, 0.25) is 0 Å². The molecule has 0 radical (unpaired) electrons. The minimum absolute atomic E-state index is 0.351. The first-order chi connectivity index (χ1) is 6.34. The van der Waals surface area contributed by atoms with Gasteiger partial charge in [0.15, 0.2) is 0 Å². The highest BCUT2D eigenvalue weighted by Gasteiger charge is 2.00. The number of ether oxygens (including phenoxy) is 1. The van der Waals surface area contributed by atoms with Crippen LogP contribution in [0.1, 0.15) is 11.7 Å². The molecule has 0 saturated carbocycles. The lowest BCUT2D eigenvalue weighted by molar-refractivity contribution is 0.230. The van der Waals surface area contributed by atoms with Gasteiger partial charge in [-0.15, -0.1) is 0 Å². The zero-order chi connectivity index (χ0) is 9.52. The van der Waals surface area contributed by atoms with Gasteiger partial charge in [-0.25, -0.2) is 0 Å². The van der Waals surface area contributed by atoms with Crippen molar-refractivity contribution in [2.75, 3.05) is 13.7 Å². The van der Waals surface area contributed by atoms with E-state index in [-0.39, 0.29) is 0 Å². The predicted molar refractivity (Wildman–Crippen MR) is 51.1 cm³/mol. The summed E-state index contributed by atoms with van der Waals surface area (Å²) in [5, 5.41) is 9.52. The minimum Gasteiger partial charge on any atom is -0.376 e. The van der Waals surface area contributed by atoms with E-state index < -0.39 is 6.10 Å². The molecule has 0 bridgehead atoms. The summed E-state index contributed by atoms with van der Waals surface area (Å²) in [7, 11) is 1.57. The Labute approximate surface area is 78.2 Å².